The minimum atomic E-state index is -2.22. The van der Waals surface area contributed by atoms with Gasteiger partial charge in [0.1, 0.15) is 19.7 Å². The van der Waals surface area contributed by atoms with Crippen LogP contribution >= 0.6 is 7.80 Å². The van der Waals surface area contributed by atoms with Crippen LogP contribution < -0.4 is 10.0 Å². The number of unbranched alkanes of at least 4 members (excludes halogenated alkanes) is 2. The number of para-hydroxylation sites is 1. The molecule has 21 heavy (non-hydrogen) atoms. The van der Waals surface area contributed by atoms with Crippen LogP contribution in [0, 0.1) is 0 Å². The van der Waals surface area contributed by atoms with Gasteiger partial charge in [-0.2, -0.15) is 0 Å². The summed E-state index contributed by atoms with van der Waals surface area (Å²) in [7, 11) is -2.22. The molecule has 0 radical (unpaired) electrons. The second-order valence-electron chi connectivity index (χ2n) is 4.87. The van der Waals surface area contributed by atoms with Crippen molar-refractivity contribution < 1.29 is 18.8 Å². The maximum Gasteiger partial charge on any atom is 0.313 e. The van der Waals surface area contributed by atoms with Gasteiger partial charge in [0, 0.05) is 0 Å². The normalized spacial score (nSPS) is 11.9. The number of ether oxygens (including phenoxy) is 2. The van der Waals surface area contributed by atoms with E-state index in [0.717, 1.165) is 25.7 Å². The van der Waals surface area contributed by atoms with Crippen LogP contribution in [0.5, 0.6) is 5.75 Å². The zero-order chi connectivity index (χ0) is 15.5. The smallest absolute Gasteiger partial charge is 0.313 e. The van der Waals surface area contributed by atoms with Crippen LogP contribution in [-0.4, -0.2) is 25.3 Å². The molecule has 0 aliphatic heterocycles. The van der Waals surface area contributed by atoms with Crippen molar-refractivity contribution in [1.82, 2.24) is 0 Å². The summed E-state index contributed by atoms with van der Waals surface area (Å²) in [4.78, 5) is 11.6. The first-order valence-electron chi connectivity index (χ1n) is 7.59. The Morgan fingerprint density at radius 1 is 1.10 bits per heavy atom. The predicted octanol–water partition coefficient (Wildman–Crippen LogP) is 3.39. The molecular formula is C16H25O4P. The van der Waals surface area contributed by atoms with Crippen LogP contribution in [0.15, 0.2) is 24.3 Å². The van der Waals surface area contributed by atoms with E-state index in [1.54, 1.807) is 12.1 Å². The molecule has 0 aliphatic rings. The average molecular weight is 312 g/mol. The van der Waals surface area contributed by atoms with Crippen LogP contribution in [0.4, 0.5) is 0 Å². The summed E-state index contributed by atoms with van der Waals surface area (Å²) in [6.45, 7) is 5.12. The summed E-state index contributed by atoms with van der Waals surface area (Å²) < 4.78 is 23.1. The molecule has 1 aromatic carbocycles. The highest BCUT2D eigenvalue weighted by Crippen LogP contribution is 2.26. The molecule has 118 valence electrons. The van der Waals surface area contributed by atoms with Gasteiger partial charge in [-0.25, -0.2) is 0 Å². The summed E-state index contributed by atoms with van der Waals surface area (Å²) >= 11 is 0. The van der Waals surface area contributed by atoms with Crippen LogP contribution in [0.25, 0.3) is 0 Å². The average Bonchev–Trinajstić information content (AvgIpc) is 2.48. The van der Waals surface area contributed by atoms with Crippen LogP contribution in [0.1, 0.15) is 39.5 Å². The number of carbonyl (C=O) groups excluding carboxylic acids is 1. The molecule has 0 saturated heterocycles. The molecular weight excluding hydrogens is 287 g/mol. The molecule has 0 aliphatic carbocycles. The van der Waals surface area contributed by atoms with Crippen molar-refractivity contribution in [3.05, 3.63) is 24.3 Å². The van der Waals surface area contributed by atoms with E-state index in [4.69, 9.17) is 9.47 Å². The van der Waals surface area contributed by atoms with Gasteiger partial charge < -0.3 is 14.0 Å². The summed E-state index contributed by atoms with van der Waals surface area (Å²) in [5, 5.41) is 0.631. The second-order valence-corrected chi connectivity index (χ2v) is 6.61. The van der Waals surface area contributed by atoms with E-state index >= 15 is 0 Å². The fraction of sp³-hybridized carbons (Fsp3) is 0.562. The van der Waals surface area contributed by atoms with E-state index in [0.29, 0.717) is 24.3 Å². The second kappa shape index (κ2) is 10.4. The summed E-state index contributed by atoms with van der Waals surface area (Å²) in [5.74, 6) is 0.229. The highest BCUT2D eigenvalue weighted by molar-refractivity contribution is 7.54. The van der Waals surface area contributed by atoms with E-state index in [9.17, 15) is 9.36 Å². The maximum absolute atomic E-state index is 12.3. The van der Waals surface area contributed by atoms with Gasteiger partial charge in [-0.3, -0.25) is 4.79 Å². The Bertz CT molecular complexity index is 459. The number of esters is 1. The van der Waals surface area contributed by atoms with E-state index < -0.39 is 13.8 Å². The SMILES string of the molecule is CCCCOC(=O)C[PH](=O)c1ccccc1OCCCC. The quantitative estimate of drug-likeness (QED) is 0.377. The van der Waals surface area contributed by atoms with Gasteiger partial charge in [0.05, 0.1) is 18.5 Å². The molecule has 0 spiro atoms. The highest BCUT2D eigenvalue weighted by Gasteiger charge is 2.15. The number of rotatable bonds is 10. The summed E-state index contributed by atoms with van der Waals surface area (Å²) in [5.41, 5.74) is 0. The van der Waals surface area contributed by atoms with Gasteiger partial charge in [0.15, 0.2) is 0 Å². The van der Waals surface area contributed by atoms with E-state index in [-0.39, 0.29) is 6.16 Å². The minimum Gasteiger partial charge on any atom is -0.493 e. The van der Waals surface area contributed by atoms with E-state index in [1.165, 1.54) is 0 Å². The molecule has 5 heteroatoms. The lowest BCUT2D eigenvalue weighted by Crippen LogP contribution is -2.13. The molecule has 1 rings (SSSR count). The zero-order valence-electron chi connectivity index (χ0n) is 12.9. The van der Waals surface area contributed by atoms with Crippen LogP contribution in [-0.2, 0) is 14.1 Å². The van der Waals surface area contributed by atoms with Crippen molar-refractivity contribution in [3.63, 3.8) is 0 Å². The fourth-order valence-corrected chi connectivity index (χ4v) is 3.02. The number of hydrogen-bond acceptors (Lipinski definition) is 4. The Balaban J connectivity index is 2.58. The molecule has 0 heterocycles. The van der Waals surface area contributed by atoms with Gasteiger partial charge in [-0.05, 0) is 25.0 Å². The first kappa shape index (κ1) is 17.8. The van der Waals surface area contributed by atoms with Gasteiger partial charge in [-0.15, -0.1) is 0 Å². The Morgan fingerprint density at radius 2 is 1.76 bits per heavy atom. The largest absolute Gasteiger partial charge is 0.493 e. The molecule has 0 saturated carbocycles. The van der Waals surface area contributed by atoms with E-state index in [2.05, 4.69) is 6.92 Å². The van der Waals surface area contributed by atoms with Crippen molar-refractivity contribution in [2.75, 3.05) is 19.4 Å². The topological polar surface area (TPSA) is 52.6 Å². The first-order chi connectivity index (χ1) is 10.2. The minimum absolute atomic E-state index is 0.0530. The Labute approximate surface area is 127 Å². The number of carbonyl (C=O) groups is 1. The maximum atomic E-state index is 12.3. The fourth-order valence-electron chi connectivity index (χ4n) is 1.76. The molecule has 1 atom stereocenters. The monoisotopic (exact) mass is 312 g/mol. The van der Waals surface area contributed by atoms with Gasteiger partial charge in [0.2, 0.25) is 0 Å². The third-order valence-electron chi connectivity index (χ3n) is 3.01. The molecule has 1 unspecified atom stereocenters. The third kappa shape index (κ3) is 6.81. The van der Waals surface area contributed by atoms with Gasteiger partial charge in [-0.1, -0.05) is 38.8 Å². The predicted molar refractivity (Wildman–Crippen MR) is 86.2 cm³/mol. The van der Waals surface area contributed by atoms with Crippen molar-refractivity contribution in [2.24, 2.45) is 0 Å². The standard InChI is InChI=1S/C16H25O4P/c1-3-5-11-19-14-9-7-8-10-15(14)21(18)13-16(17)20-12-6-4-2/h7-10,21H,3-6,11-13H2,1-2H3. The number of benzene rings is 1. The van der Waals surface area contributed by atoms with Crippen LogP contribution in [0.3, 0.4) is 0 Å². The molecule has 0 bridgehead atoms. The van der Waals surface area contributed by atoms with Crippen molar-refractivity contribution in [3.8, 4) is 5.75 Å². The molecule has 0 N–H and O–H groups in total. The van der Waals surface area contributed by atoms with Crippen molar-refractivity contribution in [1.29, 1.82) is 0 Å². The third-order valence-corrected chi connectivity index (χ3v) is 4.63. The molecule has 0 aromatic heterocycles. The van der Waals surface area contributed by atoms with Crippen LogP contribution in [0.2, 0.25) is 0 Å². The highest BCUT2D eigenvalue weighted by atomic mass is 31.1. The van der Waals surface area contributed by atoms with Crippen molar-refractivity contribution in [2.45, 2.75) is 39.5 Å². The Hall–Kier alpha value is -1.28. The zero-order valence-corrected chi connectivity index (χ0v) is 13.9. The van der Waals surface area contributed by atoms with Gasteiger partial charge in [0.25, 0.3) is 0 Å². The lowest BCUT2D eigenvalue weighted by Gasteiger charge is -2.11. The first-order valence-corrected chi connectivity index (χ1v) is 9.21. The molecule has 0 fully saturated rings. The molecule has 0 amide bonds. The number of hydrogen-bond donors (Lipinski definition) is 0. The molecule has 4 nitrogen and oxygen atoms in total. The van der Waals surface area contributed by atoms with E-state index in [1.807, 2.05) is 19.1 Å². The Morgan fingerprint density at radius 3 is 2.48 bits per heavy atom. The lowest BCUT2D eigenvalue weighted by atomic mass is 10.3. The van der Waals surface area contributed by atoms with Gasteiger partial charge >= 0.3 is 5.97 Å². The van der Waals surface area contributed by atoms with Crippen molar-refractivity contribution >= 4 is 19.1 Å². The summed E-state index contributed by atoms with van der Waals surface area (Å²) in [6, 6.07) is 7.23. The lowest BCUT2D eigenvalue weighted by molar-refractivity contribution is -0.140. The molecule has 1 aromatic rings. The summed E-state index contributed by atoms with van der Waals surface area (Å²) in [6.07, 6.45) is 3.75. The Kier molecular flexibility index (Phi) is 8.84.